The number of carbonyl (C=O) groups excluding carboxylic acids is 1. The summed E-state index contributed by atoms with van der Waals surface area (Å²) in [5.74, 6) is -1.99. The Bertz CT molecular complexity index is 613. The molecule has 0 saturated carbocycles. The van der Waals surface area contributed by atoms with Crippen LogP contribution in [-0.2, 0) is 20.4 Å². The van der Waals surface area contributed by atoms with Crippen molar-refractivity contribution in [3.63, 3.8) is 0 Å². The van der Waals surface area contributed by atoms with Gasteiger partial charge < -0.3 is 14.8 Å². The quantitative estimate of drug-likeness (QED) is 0.689. The Balaban J connectivity index is 2.57. The number of halogens is 1. The zero-order valence-corrected chi connectivity index (χ0v) is 16.6. The molecule has 25 heavy (non-hydrogen) atoms. The second-order valence-electron chi connectivity index (χ2n) is 7.66. The molecule has 0 bridgehead atoms. The third-order valence-electron chi connectivity index (χ3n) is 4.56. The highest BCUT2D eigenvalue weighted by molar-refractivity contribution is 6.74. The van der Waals surface area contributed by atoms with Gasteiger partial charge in [0.1, 0.15) is 11.9 Å². The predicted octanol–water partition coefficient (Wildman–Crippen LogP) is 3.35. The van der Waals surface area contributed by atoms with E-state index in [1.165, 1.54) is 18.2 Å². The lowest BCUT2D eigenvalue weighted by Crippen LogP contribution is -2.45. The molecule has 1 amide bonds. The van der Waals surface area contributed by atoms with E-state index in [1.807, 2.05) is 0 Å². The van der Waals surface area contributed by atoms with Crippen molar-refractivity contribution in [2.45, 2.75) is 57.8 Å². The summed E-state index contributed by atoms with van der Waals surface area (Å²) >= 11 is 0. The lowest BCUT2D eigenvalue weighted by Gasteiger charge is -2.36. The summed E-state index contributed by atoms with van der Waals surface area (Å²) in [4.78, 5) is 23.4. The monoisotopic (exact) mass is 369 g/mol. The van der Waals surface area contributed by atoms with E-state index in [0.717, 1.165) is 0 Å². The molecule has 0 aliphatic heterocycles. The van der Waals surface area contributed by atoms with Gasteiger partial charge in [-0.15, -0.1) is 0 Å². The maximum Gasteiger partial charge on any atom is 0.326 e. The van der Waals surface area contributed by atoms with Crippen LogP contribution in [0.1, 0.15) is 32.8 Å². The zero-order chi connectivity index (χ0) is 19.3. The number of nitrogens with one attached hydrogen (secondary N) is 1. The molecule has 5 nitrogen and oxygen atoms in total. The summed E-state index contributed by atoms with van der Waals surface area (Å²) in [6.07, 6.45) is 0.126. The molecule has 0 fully saturated rings. The normalized spacial score (nSPS) is 13.4. The number of benzene rings is 1. The number of carbonyl (C=O) groups is 2. The molecule has 1 atom stereocenters. The fourth-order valence-corrected chi connectivity index (χ4v) is 3.04. The third-order valence-corrected chi connectivity index (χ3v) is 9.10. The second-order valence-corrected chi connectivity index (χ2v) is 12.5. The molecular weight excluding hydrogens is 341 g/mol. The van der Waals surface area contributed by atoms with Gasteiger partial charge in [-0.25, -0.2) is 9.18 Å². The summed E-state index contributed by atoms with van der Waals surface area (Å²) in [7, 11) is -1.96. The molecule has 0 unspecified atom stereocenters. The third kappa shape index (κ3) is 6.95. The number of hydrogen-bond acceptors (Lipinski definition) is 3. The highest BCUT2D eigenvalue weighted by atomic mass is 28.4. The Hall–Kier alpha value is -1.73. The Kier molecular flexibility index (Phi) is 7.31. The summed E-state index contributed by atoms with van der Waals surface area (Å²) in [6, 6.07) is 4.67. The number of amides is 1. The number of carboxylic acids is 1. The SMILES string of the molecule is CC(C)(C)[Si](C)(C)OCC[C@@H](NC(=O)Cc1cccc(F)c1)C(=O)O. The number of rotatable bonds is 8. The van der Waals surface area contributed by atoms with E-state index in [9.17, 15) is 19.1 Å². The van der Waals surface area contributed by atoms with Crippen LogP contribution in [0.5, 0.6) is 0 Å². The summed E-state index contributed by atoms with van der Waals surface area (Å²) < 4.78 is 19.1. The van der Waals surface area contributed by atoms with E-state index in [0.29, 0.717) is 5.56 Å². The number of carboxylic acid groups (broad SMARTS) is 1. The molecule has 0 saturated heterocycles. The van der Waals surface area contributed by atoms with Crippen molar-refractivity contribution in [2.24, 2.45) is 0 Å². The minimum atomic E-state index is -1.96. The first-order valence-electron chi connectivity index (χ1n) is 8.33. The first-order valence-corrected chi connectivity index (χ1v) is 11.2. The minimum absolute atomic E-state index is 0.0341. The van der Waals surface area contributed by atoms with Gasteiger partial charge in [-0.3, -0.25) is 4.79 Å². The van der Waals surface area contributed by atoms with Gasteiger partial charge in [0.25, 0.3) is 0 Å². The van der Waals surface area contributed by atoms with Crippen molar-refractivity contribution in [3.8, 4) is 0 Å². The lowest BCUT2D eigenvalue weighted by atomic mass is 10.1. The molecule has 0 radical (unpaired) electrons. The largest absolute Gasteiger partial charge is 0.480 e. The highest BCUT2D eigenvalue weighted by Crippen LogP contribution is 2.36. The molecule has 1 aromatic carbocycles. The van der Waals surface area contributed by atoms with Crippen LogP contribution in [0.4, 0.5) is 4.39 Å². The fourth-order valence-electron chi connectivity index (χ4n) is 1.98. The molecule has 2 N–H and O–H groups in total. The van der Waals surface area contributed by atoms with E-state index in [-0.39, 0.29) is 24.5 Å². The van der Waals surface area contributed by atoms with Crippen molar-refractivity contribution in [3.05, 3.63) is 35.6 Å². The summed E-state index contributed by atoms with van der Waals surface area (Å²) in [5.41, 5.74) is 0.499. The Morgan fingerprint density at radius 3 is 2.48 bits per heavy atom. The molecule has 0 aromatic heterocycles. The van der Waals surface area contributed by atoms with Crippen molar-refractivity contribution in [2.75, 3.05) is 6.61 Å². The van der Waals surface area contributed by atoms with Crippen LogP contribution < -0.4 is 5.32 Å². The van der Waals surface area contributed by atoms with Gasteiger partial charge in [-0.05, 0) is 35.8 Å². The molecule has 140 valence electrons. The van der Waals surface area contributed by atoms with Crippen LogP contribution in [0, 0.1) is 5.82 Å². The second kappa shape index (κ2) is 8.58. The van der Waals surface area contributed by atoms with Gasteiger partial charge in [-0.1, -0.05) is 32.9 Å². The zero-order valence-electron chi connectivity index (χ0n) is 15.6. The molecule has 7 heteroatoms. The lowest BCUT2D eigenvalue weighted by molar-refractivity contribution is -0.142. The van der Waals surface area contributed by atoms with Crippen molar-refractivity contribution in [1.82, 2.24) is 5.32 Å². The molecule has 0 aliphatic rings. The number of hydrogen-bond donors (Lipinski definition) is 2. The molecule has 0 heterocycles. The van der Waals surface area contributed by atoms with Crippen LogP contribution in [0.3, 0.4) is 0 Å². The molecule has 1 aromatic rings. The van der Waals surface area contributed by atoms with Crippen LogP contribution in [0.2, 0.25) is 18.1 Å². The average Bonchev–Trinajstić information content (AvgIpc) is 2.44. The van der Waals surface area contributed by atoms with E-state index < -0.39 is 32.1 Å². The van der Waals surface area contributed by atoms with Gasteiger partial charge in [-0.2, -0.15) is 0 Å². The Labute approximate surface area is 149 Å². The Morgan fingerprint density at radius 1 is 1.32 bits per heavy atom. The maximum atomic E-state index is 13.1. The highest BCUT2D eigenvalue weighted by Gasteiger charge is 2.37. The van der Waals surface area contributed by atoms with E-state index >= 15 is 0 Å². The molecular formula is C18H28FNO4Si. The van der Waals surface area contributed by atoms with Crippen LogP contribution in [0.25, 0.3) is 0 Å². The van der Waals surface area contributed by atoms with E-state index in [2.05, 4.69) is 39.2 Å². The van der Waals surface area contributed by atoms with Crippen molar-refractivity contribution >= 4 is 20.2 Å². The molecule has 0 aliphatic carbocycles. The fraction of sp³-hybridized carbons (Fsp3) is 0.556. The first-order chi connectivity index (χ1) is 11.4. The standard InChI is InChI=1S/C18H28FNO4Si/c1-18(2,3)25(4,5)24-10-9-15(17(22)23)20-16(21)12-13-7-6-8-14(19)11-13/h6-8,11,15H,9-10,12H2,1-5H3,(H,20,21)(H,22,23)/t15-/m1/s1. The summed E-state index contributed by atoms with van der Waals surface area (Å²) in [5, 5.41) is 11.8. The molecule has 0 spiro atoms. The van der Waals surface area contributed by atoms with E-state index in [1.54, 1.807) is 6.07 Å². The first kappa shape index (κ1) is 21.3. The van der Waals surface area contributed by atoms with Gasteiger partial charge >= 0.3 is 5.97 Å². The van der Waals surface area contributed by atoms with Gasteiger partial charge in [0.05, 0.1) is 6.42 Å². The molecule has 1 rings (SSSR count). The van der Waals surface area contributed by atoms with Crippen molar-refractivity contribution in [1.29, 1.82) is 0 Å². The van der Waals surface area contributed by atoms with Gasteiger partial charge in [0.15, 0.2) is 8.32 Å². The van der Waals surface area contributed by atoms with Gasteiger partial charge in [0.2, 0.25) is 5.91 Å². The number of aliphatic carboxylic acids is 1. The average molecular weight is 370 g/mol. The smallest absolute Gasteiger partial charge is 0.326 e. The van der Waals surface area contributed by atoms with Crippen molar-refractivity contribution < 1.29 is 23.5 Å². The van der Waals surface area contributed by atoms with E-state index in [4.69, 9.17) is 4.43 Å². The minimum Gasteiger partial charge on any atom is -0.480 e. The van der Waals surface area contributed by atoms with Crippen LogP contribution in [0.15, 0.2) is 24.3 Å². The Morgan fingerprint density at radius 2 is 1.96 bits per heavy atom. The van der Waals surface area contributed by atoms with Crippen LogP contribution in [-0.4, -0.2) is 37.9 Å². The summed E-state index contributed by atoms with van der Waals surface area (Å²) in [6.45, 7) is 10.8. The predicted molar refractivity (Wildman–Crippen MR) is 97.4 cm³/mol. The van der Waals surface area contributed by atoms with Crippen LogP contribution >= 0.6 is 0 Å². The maximum absolute atomic E-state index is 13.1. The van der Waals surface area contributed by atoms with Gasteiger partial charge in [0, 0.05) is 13.0 Å². The topological polar surface area (TPSA) is 75.6 Å².